The van der Waals surface area contributed by atoms with Gasteiger partial charge in [0.05, 0.1) is 22.0 Å². The maximum atomic E-state index is 13.7. The van der Waals surface area contributed by atoms with E-state index in [1.165, 1.54) is 12.1 Å². The van der Waals surface area contributed by atoms with E-state index < -0.39 is 5.82 Å². The highest BCUT2D eigenvalue weighted by molar-refractivity contribution is 6.33. The Morgan fingerprint density at radius 3 is 2.47 bits per heavy atom. The van der Waals surface area contributed by atoms with Crippen LogP contribution in [0.3, 0.4) is 0 Å². The highest BCUT2D eigenvalue weighted by atomic mass is 35.5. The normalized spacial score (nSPS) is 10.6. The average molecular weight is 252 g/mol. The number of nitrogens with two attached hydrogens (primary N) is 1. The van der Waals surface area contributed by atoms with Crippen LogP contribution in [0.5, 0.6) is 0 Å². The van der Waals surface area contributed by atoms with Crippen molar-refractivity contribution < 1.29 is 4.39 Å². The molecule has 1 aromatic carbocycles. The van der Waals surface area contributed by atoms with Crippen molar-refractivity contribution in [1.82, 2.24) is 9.97 Å². The zero-order chi connectivity index (χ0) is 12.6. The molecule has 1 heterocycles. The Balaban J connectivity index is 2.73. The summed E-state index contributed by atoms with van der Waals surface area (Å²) in [5.41, 5.74) is 7.67. The van der Waals surface area contributed by atoms with Gasteiger partial charge in [0.15, 0.2) is 0 Å². The summed E-state index contributed by atoms with van der Waals surface area (Å²) in [5.74, 6) is -0.276. The Morgan fingerprint density at radius 2 is 1.82 bits per heavy atom. The van der Waals surface area contributed by atoms with Crippen LogP contribution in [0.15, 0.2) is 18.2 Å². The number of aryl methyl sites for hydroxylation is 2. The molecular weight excluding hydrogens is 241 g/mol. The van der Waals surface area contributed by atoms with Gasteiger partial charge in [-0.05, 0) is 26.0 Å². The second-order valence-electron chi connectivity index (χ2n) is 3.72. The van der Waals surface area contributed by atoms with Crippen molar-refractivity contribution in [2.24, 2.45) is 0 Å². The molecule has 17 heavy (non-hydrogen) atoms. The van der Waals surface area contributed by atoms with E-state index >= 15 is 0 Å². The van der Waals surface area contributed by atoms with E-state index in [1.54, 1.807) is 19.9 Å². The minimum Gasteiger partial charge on any atom is -0.382 e. The first-order chi connectivity index (χ1) is 8.00. The lowest BCUT2D eigenvalue weighted by atomic mass is 10.1. The molecule has 0 amide bonds. The second-order valence-corrected chi connectivity index (χ2v) is 4.13. The summed E-state index contributed by atoms with van der Waals surface area (Å²) in [6.07, 6.45) is 0. The van der Waals surface area contributed by atoms with Gasteiger partial charge in [-0.3, -0.25) is 0 Å². The molecule has 0 aliphatic rings. The Kier molecular flexibility index (Phi) is 2.98. The molecule has 0 bridgehead atoms. The number of halogens is 2. The molecule has 0 atom stereocenters. The molecule has 2 rings (SSSR count). The Bertz CT molecular complexity index is 564. The van der Waals surface area contributed by atoms with Crippen LogP contribution >= 0.6 is 11.6 Å². The van der Waals surface area contributed by atoms with Gasteiger partial charge in [-0.2, -0.15) is 0 Å². The molecule has 0 saturated heterocycles. The summed E-state index contributed by atoms with van der Waals surface area (Å²) in [5, 5.41) is 0.272. The molecule has 2 N–H and O–H groups in total. The summed E-state index contributed by atoms with van der Waals surface area (Å²) >= 11 is 5.96. The number of hydrogen-bond donors (Lipinski definition) is 1. The zero-order valence-corrected chi connectivity index (χ0v) is 10.2. The SMILES string of the molecule is Cc1nc(N)c(-c2c(F)cccc2Cl)nc1C. The first kappa shape index (κ1) is 11.8. The third-order valence-corrected chi connectivity index (χ3v) is 2.85. The summed E-state index contributed by atoms with van der Waals surface area (Å²) in [4.78, 5) is 8.37. The van der Waals surface area contributed by atoms with Gasteiger partial charge < -0.3 is 5.73 Å². The molecule has 3 nitrogen and oxygen atoms in total. The smallest absolute Gasteiger partial charge is 0.150 e. The van der Waals surface area contributed by atoms with Crippen LogP contribution in [-0.4, -0.2) is 9.97 Å². The summed E-state index contributed by atoms with van der Waals surface area (Å²) in [7, 11) is 0. The summed E-state index contributed by atoms with van der Waals surface area (Å²) in [6, 6.07) is 4.44. The minimum absolute atomic E-state index is 0.181. The van der Waals surface area contributed by atoms with Crippen molar-refractivity contribution >= 4 is 17.4 Å². The molecule has 2 aromatic rings. The summed E-state index contributed by atoms with van der Waals surface area (Å²) < 4.78 is 13.7. The van der Waals surface area contributed by atoms with Crippen molar-refractivity contribution in [1.29, 1.82) is 0 Å². The predicted molar refractivity (Wildman–Crippen MR) is 66.3 cm³/mol. The van der Waals surface area contributed by atoms with Crippen molar-refractivity contribution in [3.05, 3.63) is 40.4 Å². The molecule has 1 aromatic heterocycles. The molecule has 0 aliphatic carbocycles. The topological polar surface area (TPSA) is 51.8 Å². The lowest BCUT2D eigenvalue weighted by Crippen LogP contribution is -2.03. The van der Waals surface area contributed by atoms with E-state index in [1.807, 2.05) is 0 Å². The van der Waals surface area contributed by atoms with Crippen LogP contribution in [0.25, 0.3) is 11.3 Å². The number of anilines is 1. The van der Waals surface area contributed by atoms with E-state index in [9.17, 15) is 4.39 Å². The van der Waals surface area contributed by atoms with Crippen LogP contribution in [0.4, 0.5) is 10.2 Å². The molecule has 0 fully saturated rings. The molecule has 0 unspecified atom stereocenters. The van der Waals surface area contributed by atoms with E-state index in [0.717, 1.165) is 5.69 Å². The molecular formula is C12H11ClFN3. The van der Waals surface area contributed by atoms with Gasteiger partial charge in [-0.15, -0.1) is 0 Å². The van der Waals surface area contributed by atoms with Gasteiger partial charge in [0.2, 0.25) is 0 Å². The van der Waals surface area contributed by atoms with E-state index in [0.29, 0.717) is 5.69 Å². The van der Waals surface area contributed by atoms with Crippen molar-refractivity contribution in [2.45, 2.75) is 13.8 Å². The molecule has 0 aliphatic heterocycles. The molecule has 0 radical (unpaired) electrons. The van der Waals surface area contributed by atoms with E-state index in [4.69, 9.17) is 17.3 Å². The third kappa shape index (κ3) is 2.08. The van der Waals surface area contributed by atoms with Crippen LogP contribution < -0.4 is 5.73 Å². The van der Waals surface area contributed by atoms with Crippen molar-refractivity contribution in [2.75, 3.05) is 5.73 Å². The highest BCUT2D eigenvalue weighted by Gasteiger charge is 2.15. The monoisotopic (exact) mass is 251 g/mol. The lowest BCUT2D eigenvalue weighted by Gasteiger charge is -2.09. The first-order valence-electron chi connectivity index (χ1n) is 5.06. The Morgan fingerprint density at radius 1 is 1.18 bits per heavy atom. The van der Waals surface area contributed by atoms with Gasteiger partial charge in [0, 0.05) is 0 Å². The van der Waals surface area contributed by atoms with Gasteiger partial charge >= 0.3 is 0 Å². The van der Waals surface area contributed by atoms with Crippen LogP contribution in [0.2, 0.25) is 5.02 Å². The van der Waals surface area contributed by atoms with Gasteiger partial charge in [-0.1, -0.05) is 17.7 Å². The zero-order valence-electron chi connectivity index (χ0n) is 9.46. The van der Waals surface area contributed by atoms with E-state index in [-0.39, 0.29) is 22.1 Å². The maximum Gasteiger partial charge on any atom is 0.150 e. The second kappa shape index (κ2) is 4.30. The highest BCUT2D eigenvalue weighted by Crippen LogP contribution is 2.32. The van der Waals surface area contributed by atoms with Gasteiger partial charge in [0.25, 0.3) is 0 Å². The molecule has 5 heteroatoms. The number of rotatable bonds is 1. The standard InChI is InChI=1S/C12H11ClFN3/c1-6-7(2)17-12(15)11(16-6)10-8(13)4-3-5-9(10)14/h3-5H,1-2H3,(H2,15,17). The van der Waals surface area contributed by atoms with Crippen LogP contribution in [-0.2, 0) is 0 Å². The number of hydrogen-bond acceptors (Lipinski definition) is 3. The van der Waals surface area contributed by atoms with Crippen molar-refractivity contribution in [3.63, 3.8) is 0 Å². The number of aromatic nitrogens is 2. The van der Waals surface area contributed by atoms with Crippen molar-refractivity contribution in [3.8, 4) is 11.3 Å². The maximum absolute atomic E-state index is 13.7. The average Bonchev–Trinajstić information content (AvgIpc) is 2.25. The quantitative estimate of drug-likeness (QED) is 0.847. The Labute approximate surface area is 103 Å². The predicted octanol–water partition coefficient (Wildman–Crippen LogP) is 3.14. The fraction of sp³-hybridized carbons (Fsp3) is 0.167. The fourth-order valence-corrected chi connectivity index (χ4v) is 1.78. The third-order valence-electron chi connectivity index (χ3n) is 2.53. The Hall–Kier alpha value is -1.68. The number of nitrogen functional groups attached to an aromatic ring is 1. The van der Waals surface area contributed by atoms with Crippen LogP contribution in [0, 0.1) is 19.7 Å². The largest absolute Gasteiger partial charge is 0.382 e. The van der Waals surface area contributed by atoms with E-state index in [2.05, 4.69) is 9.97 Å². The first-order valence-corrected chi connectivity index (χ1v) is 5.43. The molecule has 0 spiro atoms. The van der Waals surface area contributed by atoms with Gasteiger partial charge in [-0.25, -0.2) is 14.4 Å². The number of benzene rings is 1. The number of nitrogens with zero attached hydrogens (tertiary/aromatic N) is 2. The fourth-order valence-electron chi connectivity index (χ4n) is 1.53. The molecule has 88 valence electrons. The summed E-state index contributed by atoms with van der Waals surface area (Å²) in [6.45, 7) is 3.59. The van der Waals surface area contributed by atoms with Crippen LogP contribution in [0.1, 0.15) is 11.4 Å². The minimum atomic E-state index is -0.457. The lowest BCUT2D eigenvalue weighted by molar-refractivity contribution is 0.630. The molecule has 0 saturated carbocycles. The van der Waals surface area contributed by atoms with Gasteiger partial charge in [0.1, 0.15) is 17.3 Å².